The van der Waals surface area contributed by atoms with E-state index < -0.39 is 62.7 Å². The number of allylic oxidation sites excluding steroid dienone is 1. The minimum atomic E-state index is -4.67. The lowest BCUT2D eigenvalue weighted by atomic mass is 10.1. The maximum Gasteiger partial charge on any atom is 0.434 e. The average molecular weight is 793 g/mol. The number of hydrogen-bond acceptors (Lipinski definition) is 11. The van der Waals surface area contributed by atoms with Gasteiger partial charge >= 0.3 is 12.2 Å². The van der Waals surface area contributed by atoms with Crippen LogP contribution in [0.5, 0.6) is 17.2 Å². The quantitative estimate of drug-likeness (QED) is 0.310. The van der Waals surface area contributed by atoms with Gasteiger partial charge in [0.15, 0.2) is 5.69 Å². The Kier molecular flexibility index (Phi) is 9.91. The van der Waals surface area contributed by atoms with Crippen LogP contribution in [0.2, 0.25) is 0 Å². The Morgan fingerprint density at radius 1 is 1.09 bits per heavy atom. The van der Waals surface area contributed by atoms with Crippen LogP contribution in [0.4, 0.5) is 18.0 Å². The number of nitrogens with zero attached hydrogens (tertiary/aromatic N) is 4. The number of carbonyl (C=O) groups is 3. The molecule has 7 rings (SSSR count). The van der Waals surface area contributed by atoms with Crippen molar-refractivity contribution < 1.29 is 50.2 Å². The number of methoxy groups -OCH3 is 2. The highest BCUT2D eigenvalue weighted by Gasteiger charge is 2.62. The van der Waals surface area contributed by atoms with E-state index in [0.717, 1.165) is 23.1 Å². The number of fused-ring (bicyclic) bond motifs is 3. The molecule has 0 bridgehead atoms. The highest BCUT2D eigenvalue weighted by molar-refractivity contribution is 7.91. The van der Waals surface area contributed by atoms with Crippen LogP contribution in [-0.2, 0) is 25.8 Å². The summed E-state index contributed by atoms with van der Waals surface area (Å²) in [6.07, 6.45) is 1.46. The van der Waals surface area contributed by atoms with Crippen molar-refractivity contribution in [3.63, 3.8) is 0 Å². The van der Waals surface area contributed by atoms with Crippen LogP contribution in [0.25, 0.3) is 21.6 Å². The van der Waals surface area contributed by atoms with Crippen molar-refractivity contribution in [3.05, 3.63) is 41.4 Å². The van der Waals surface area contributed by atoms with E-state index in [1.165, 1.54) is 25.2 Å². The average Bonchev–Trinajstić information content (AvgIpc) is 4.00. The summed E-state index contributed by atoms with van der Waals surface area (Å²) in [7, 11) is 0.597. The van der Waals surface area contributed by atoms with Gasteiger partial charge in [0.05, 0.1) is 36.9 Å². The van der Waals surface area contributed by atoms with E-state index >= 15 is 0 Å². The lowest BCUT2D eigenvalue weighted by molar-refractivity contribution is -0.140. The molecular weight excluding hydrogens is 754 g/mol. The molecule has 3 aromatic rings. The van der Waals surface area contributed by atoms with Crippen LogP contribution in [0, 0.1) is 5.92 Å². The molecule has 4 aliphatic rings. The summed E-state index contributed by atoms with van der Waals surface area (Å²) in [4.78, 5) is 52.9. The molecule has 2 aliphatic carbocycles. The number of amides is 4. The molecule has 2 aliphatic heterocycles. The Morgan fingerprint density at radius 3 is 2.56 bits per heavy atom. The highest BCUT2D eigenvalue weighted by atomic mass is 32.2. The fourth-order valence-electron chi connectivity index (χ4n) is 6.96. The van der Waals surface area contributed by atoms with Crippen molar-refractivity contribution in [2.75, 3.05) is 34.4 Å². The number of ether oxygens (including phenoxy) is 3. The van der Waals surface area contributed by atoms with Crippen LogP contribution in [0.1, 0.15) is 50.6 Å². The third kappa shape index (κ3) is 7.39. The fourth-order valence-corrected chi connectivity index (χ4v) is 9.11. The first-order valence-corrected chi connectivity index (χ1v) is 19.9. The number of nitrogens with one attached hydrogen (secondary N) is 2. The molecule has 54 heavy (non-hydrogen) atoms. The number of pyridine rings is 1. The maximum atomic E-state index is 14.2. The Labute approximate surface area is 313 Å². The first kappa shape index (κ1) is 37.7. The first-order chi connectivity index (χ1) is 25.6. The number of likely N-dealkylation sites (N-methyl/N-ethyl adjacent to an activating group) is 1. The van der Waals surface area contributed by atoms with Gasteiger partial charge < -0.3 is 29.3 Å². The predicted octanol–water partition coefficient (Wildman–Crippen LogP) is 4.49. The van der Waals surface area contributed by atoms with Gasteiger partial charge in [-0.2, -0.15) is 13.2 Å². The summed E-state index contributed by atoms with van der Waals surface area (Å²) in [5.41, 5.74) is -2.25. The number of carbonyl (C=O) groups excluding carboxylic acids is 3. The van der Waals surface area contributed by atoms with Gasteiger partial charge in [0.1, 0.15) is 45.6 Å². The second-order valence-corrected chi connectivity index (χ2v) is 16.8. The maximum absolute atomic E-state index is 14.2. The third-order valence-corrected chi connectivity index (χ3v) is 12.9. The first-order valence-electron chi connectivity index (χ1n) is 17.5. The van der Waals surface area contributed by atoms with E-state index in [2.05, 4.69) is 20.0 Å². The number of halogens is 3. The van der Waals surface area contributed by atoms with Gasteiger partial charge in [0, 0.05) is 49.5 Å². The molecule has 3 fully saturated rings. The fraction of sp³-hybridized carbons (Fsp3) is 0.514. The normalized spacial score (nSPS) is 25.6. The number of benzene rings is 1. The molecule has 4 heterocycles. The SMILES string of the molecule is COc1cc(OC)c2c(O[C@H]3C[C@H]4C(=O)N(C)CCCC/C=C\[C@@H]5C[C@@]5(C(=O)NS(=O)(=O)C5CC5)NC(=O)N4C3)cc(-c3nc(C(F)(F)F)cs3)nc2c1. The Morgan fingerprint density at radius 2 is 1.87 bits per heavy atom. The number of thiazole rings is 1. The monoisotopic (exact) mass is 792 g/mol. The summed E-state index contributed by atoms with van der Waals surface area (Å²) in [5, 5.41) is 3.38. The summed E-state index contributed by atoms with van der Waals surface area (Å²) < 4.78 is 85.7. The zero-order valence-electron chi connectivity index (χ0n) is 29.6. The molecule has 2 N–H and O–H groups in total. The Hall–Kier alpha value is -4.65. The van der Waals surface area contributed by atoms with Gasteiger partial charge in [-0.05, 0) is 38.5 Å². The number of alkyl halides is 3. The summed E-state index contributed by atoms with van der Waals surface area (Å²) in [6.45, 7) is 0.311. The van der Waals surface area contributed by atoms with Gasteiger partial charge in [-0.15, -0.1) is 11.3 Å². The van der Waals surface area contributed by atoms with Gasteiger partial charge in [-0.3, -0.25) is 14.3 Å². The second-order valence-electron chi connectivity index (χ2n) is 14.0. The lowest BCUT2D eigenvalue weighted by Crippen LogP contribution is -2.57. The van der Waals surface area contributed by atoms with Crippen molar-refractivity contribution in [1.82, 2.24) is 29.8 Å². The smallest absolute Gasteiger partial charge is 0.434 e. The van der Waals surface area contributed by atoms with Gasteiger partial charge in [-0.1, -0.05) is 12.2 Å². The second kappa shape index (κ2) is 14.2. The van der Waals surface area contributed by atoms with Gasteiger partial charge in [0.25, 0.3) is 5.91 Å². The summed E-state index contributed by atoms with van der Waals surface area (Å²) in [5.74, 6) is -0.824. The molecular formula is C35H39F3N6O8S2. The largest absolute Gasteiger partial charge is 0.497 e. The predicted molar refractivity (Wildman–Crippen MR) is 191 cm³/mol. The van der Waals surface area contributed by atoms with Crippen molar-refractivity contribution in [2.24, 2.45) is 5.92 Å². The molecule has 2 saturated carbocycles. The number of rotatable bonds is 8. The number of aromatic nitrogens is 2. The molecule has 0 radical (unpaired) electrons. The molecule has 0 unspecified atom stereocenters. The lowest BCUT2D eigenvalue weighted by Gasteiger charge is -2.30. The molecule has 290 valence electrons. The van der Waals surface area contributed by atoms with Crippen LogP contribution in [-0.4, -0.2) is 103 Å². The van der Waals surface area contributed by atoms with E-state index in [1.54, 1.807) is 24.1 Å². The van der Waals surface area contributed by atoms with Crippen molar-refractivity contribution in [2.45, 2.75) is 74.1 Å². The van der Waals surface area contributed by atoms with Crippen molar-refractivity contribution in [1.29, 1.82) is 0 Å². The minimum Gasteiger partial charge on any atom is -0.497 e. The molecule has 4 amide bonds. The van der Waals surface area contributed by atoms with Gasteiger partial charge in [-0.25, -0.2) is 23.2 Å². The van der Waals surface area contributed by atoms with Crippen LogP contribution in [0.3, 0.4) is 0 Å². The number of sulfonamides is 1. The third-order valence-electron chi connectivity index (χ3n) is 10.2. The number of hydrogen-bond donors (Lipinski definition) is 2. The molecule has 4 atom stereocenters. The minimum absolute atomic E-state index is 0.0179. The Balaban J connectivity index is 1.23. The molecule has 2 aromatic heterocycles. The molecule has 14 nitrogen and oxygen atoms in total. The number of urea groups is 1. The zero-order chi connectivity index (χ0) is 38.6. The molecule has 1 aromatic carbocycles. The van der Waals surface area contributed by atoms with Gasteiger partial charge in [0.2, 0.25) is 15.9 Å². The van der Waals surface area contributed by atoms with E-state index in [9.17, 15) is 36.0 Å². The van der Waals surface area contributed by atoms with Crippen LogP contribution < -0.4 is 24.2 Å². The van der Waals surface area contributed by atoms with Crippen LogP contribution >= 0.6 is 11.3 Å². The Bertz CT molecular complexity index is 2120. The molecule has 1 saturated heterocycles. The van der Waals surface area contributed by atoms with E-state index in [1.807, 2.05) is 12.2 Å². The summed E-state index contributed by atoms with van der Waals surface area (Å²) in [6, 6.07) is 2.85. The summed E-state index contributed by atoms with van der Waals surface area (Å²) >= 11 is 0.758. The van der Waals surface area contributed by atoms with E-state index in [-0.39, 0.29) is 47.3 Å². The highest BCUT2D eigenvalue weighted by Crippen LogP contribution is 2.46. The molecule has 0 spiro atoms. The topological polar surface area (TPSA) is 169 Å². The van der Waals surface area contributed by atoms with E-state index in [4.69, 9.17) is 14.2 Å². The zero-order valence-corrected chi connectivity index (χ0v) is 31.3. The standard InChI is InChI=1S/C35H39F3N6O8S2/c1-43-11-7-5-4-6-8-19-16-34(19,32(46)42-54(48,49)22-9-10-22)41-33(47)44-17-21(13-25(44)31(43)45)52-27-15-24(30-40-28(18-53-30)35(36,37)38)39-23-12-20(50-2)14-26(51-3)29(23)27/h6,8,12,14-15,18-19,21-22,25H,4-5,7,9-11,13,16-17H2,1-3H3,(H,41,47)(H,42,46)/b8-6-/t19-,21+,25+,34-/m1/s1. The molecule has 19 heteroatoms. The van der Waals surface area contributed by atoms with Crippen molar-refractivity contribution >= 4 is 50.1 Å². The van der Waals surface area contributed by atoms with E-state index in [0.29, 0.717) is 49.1 Å². The van der Waals surface area contributed by atoms with Crippen molar-refractivity contribution in [3.8, 4) is 28.0 Å². The van der Waals surface area contributed by atoms with Crippen LogP contribution in [0.15, 0.2) is 35.7 Å².